The van der Waals surface area contributed by atoms with E-state index in [1.165, 1.54) is 17.7 Å². The van der Waals surface area contributed by atoms with Crippen LogP contribution in [0.4, 0.5) is 5.69 Å². The van der Waals surface area contributed by atoms with Gasteiger partial charge in [-0.25, -0.2) is 0 Å². The summed E-state index contributed by atoms with van der Waals surface area (Å²) >= 11 is 1.58. The molecule has 2 fully saturated rings. The molecule has 2 aliphatic heterocycles. The van der Waals surface area contributed by atoms with Gasteiger partial charge in [0, 0.05) is 24.5 Å². The highest BCUT2D eigenvalue weighted by molar-refractivity contribution is 8.00. The summed E-state index contributed by atoms with van der Waals surface area (Å²) in [6.07, 6.45) is 0. The van der Waals surface area contributed by atoms with E-state index in [-0.39, 0.29) is 17.1 Å². The maximum atomic E-state index is 12.6. The van der Waals surface area contributed by atoms with Crippen LogP contribution in [-0.4, -0.2) is 80.7 Å². The van der Waals surface area contributed by atoms with Crippen molar-refractivity contribution in [2.24, 2.45) is 0 Å². The first kappa shape index (κ1) is 18.1. The molecule has 0 radical (unpaired) electrons. The Morgan fingerprint density at radius 2 is 1.92 bits per heavy atom. The van der Waals surface area contributed by atoms with Crippen LogP contribution in [0.1, 0.15) is 0 Å². The predicted octanol–water partition coefficient (Wildman–Crippen LogP) is -0.491. The second kappa shape index (κ2) is 8.58. The van der Waals surface area contributed by atoms with E-state index in [1.807, 2.05) is 11.0 Å². The number of nitrogens with one attached hydrogen (secondary N) is 1. The smallest absolute Gasteiger partial charge is 0.320 e. The number of anilines is 1. The molecule has 6 nitrogen and oxygen atoms in total. The first-order valence-corrected chi connectivity index (χ1v) is 9.83. The Balaban J connectivity index is 1.47. The number of nitrogens with zero attached hydrogens (tertiary/aromatic N) is 2. The number of ether oxygens (including phenoxy) is 1. The van der Waals surface area contributed by atoms with Gasteiger partial charge in [0.05, 0.1) is 33.3 Å². The van der Waals surface area contributed by atoms with Crippen molar-refractivity contribution in [3.05, 3.63) is 30.3 Å². The maximum Gasteiger partial charge on any atom is 0.320 e. The number of hydrogen-bond acceptors (Lipinski definition) is 5. The highest BCUT2D eigenvalue weighted by atomic mass is 32.2. The third kappa shape index (κ3) is 4.67. The molecule has 1 atom stereocenters. The zero-order valence-corrected chi connectivity index (χ0v) is 15.5. The monoisotopic (exact) mass is 364 g/mol. The summed E-state index contributed by atoms with van der Waals surface area (Å²) in [5.74, 6) is 0.714. The van der Waals surface area contributed by atoms with E-state index in [2.05, 4.69) is 29.2 Å². The second-order valence-corrected chi connectivity index (χ2v) is 7.78. The number of benzene rings is 1. The summed E-state index contributed by atoms with van der Waals surface area (Å²) in [5, 5.41) is -0.243. The third-order valence-corrected chi connectivity index (χ3v) is 6.04. The highest BCUT2D eigenvalue weighted by Crippen LogP contribution is 2.19. The van der Waals surface area contributed by atoms with Gasteiger partial charge in [0.2, 0.25) is 0 Å². The van der Waals surface area contributed by atoms with Crippen molar-refractivity contribution in [3.63, 3.8) is 0 Å². The second-order valence-electron chi connectivity index (χ2n) is 6.47. The van der Waals surface area contributed by atoms with E-state index in [0.29, 0.717) is 13.1 Å². The summed E-state index contributed by atoms with van der Waals surface area (Å²) in [4.78, 5) is 29.8. The van der Waals surface area contributed by atoms with Crippen LogP contribution in [0.15, 0.2) is 30.3 Å². The minimum absolute atomic E-state index is 0.150. The molecule has 2 aliphatic rings. The first-order chi connectivity index (χ1) is 12.2. The van der Waals surface area contributed by atoms with Crippen LogP contribution >= 0.6 is 11.8 Å². The lowest BCUT2D eigenvalue weighted by Crippen LogP contribution is -3.16. The Kier molecular flexibility index (Phi) is 6.20. The zero-order valence-electron chi connectivity index (χ0n) is 14.6. The van der Waals surface area contributed by atoms with E-state index in [0.717, 1.165) is 38.5 Å². The van der Waals surface area contributed by atoms with Crippen molar-refractivity contribution >= 4 is 29.3 Å². The number of methoxy groups -OCH3 is 1. The van der Waals surface area contributed by atoms with Gasteiger partial charge in [-0.1, -0.05) is 18.2 Å². The number of piperazine rings is 1. The van der Waals surface area contributed by atoms with Gasteiger partial charge in [-0.15, -0.1) is 11.8 Å². The standard InChI is InChI=1S/C18H25N3O3S/c1-24-18(23)16-13-21(11-12-25-16)17(22)14-19-7-9-20(10-8-19)15-5-3-2-4-6-15/h2-6,16H,7-14H2,1H3/p+1/t16-/m0/s1. The largest absolute Gasteiger partial charge is 0.468 e. The van der Waals surface area contributed by atoms with Crippen LogP contribution in [-0.2, 0) is 14.3 Å². The Bertz CT molecular complexity index is 590. The topological polar surface area (TPSA) is 54.3 Å². The maximum absolute atomic E-state index is 12.6. The molecule has 136 valence electrons. The van der Waals surface area contributed by atoms with E-state index in [1.54, 1.807) is 11.8 Å². The number of thioether (sulfide) groups is 1. The number of para-hydroxylation sites is 1. The molecular formula is C18H26N3O3S+. The molecule has 1 aromatic carbocycles. The van der Waals surface area contributed by atoms with Gasteiger partial charge in [-0.3, -0.25) is 9.59 Å². The summed E-state index contributed by atoms with van der Waals surface area (Å²) < 4.78 is 4.81. The summed E-state index contributed by atoms with van der Waals surface area (Å²) in [6, 6.07) is 10.4. The van der Waals surface area contributed by atoms with Gasteiger partial charge < -0.3 is 19.4 Å². The van der Waals surface area contributed by atoms with Crippen LogP contribution < -0.4 is 9.80 Å². The number of rotatable bonds is 4. The molecule has 2 saturated heterocycles. The van der Waals surface area contributed by atoms with Gasteiger partial charge in [-0.2, -0.15) is 0 Å². The van der Waals surface area contributed by atoms with Crippen LogP contribution in [0.3, 0.4) is 0 Å². The van der Waals surface area contributed by atoms with Crippen molar-refractivity contribution in [1.82, 2.24) is 4.90 Å². The average Bonchev–Trinajstić information content (AvgIpc) is 2.68. The average molecular weight is 364 g/mol. The van der Waals surface area contributed by atoms with Gasteiger partial charge in [0.25, 0.3) is 5.91 Å². The van der Waals surface area contributed by atoms with Crippen LogP contribution in [0.5, 0.6) is 0 Å². The van der Waals surface area contributed by atoms with E-state index < -0.39 is 0 Å². The Labute approximate surface area is 153 Å². The molecule has 0 saturated carbocycles. The molecule has 25 heavy (non-hydrogen) atoms. The van der Waals surface area contributed by atoms with Gasteiger partial charge in [0.15, 0.2) is 6.54 Å². The molecule has 0 spiro atoms. The lowest BCUT2D eigenvalue weighted by Gasteiger charge is -2.35. The lowest BCUT2D eigenvalue weighted by molar-refractivity contribution is -0.892. The minimum atomic E-state index is -0.243. The molecule has 7 heteroatoms. The Morgan fingerprint density at radius 3 is 2.60 bits per heavy atom. The molecule has 0 aliphatic carbocycles. The van der Waals surface area contributed by atoms with Crippen LogP contribution in [0.2, 0.25) is 0 Å². The number of carbonyl (C=O) groups excluding carboxylic acids is 2. The Hall–Kier alpha value is -1.73. The lowest BCUT2D eigenvalue weighted by atomic mass is 10.2. The van der Waals surface area contributed by atoms with Crippen LogP contribution in [0.25, 0.3) is 0 Å². The van der Waals surface area contributed by atoms with Gasteiger partial charge in [-0.05, 0) is 12.1 Å². The summed E-state index contributed by atoms with van der Waals surface area (Å²) in [5.41, 5.74) is 1.25. The molecule has 2 heterocycles. The van der Waals surface area contributed by atoms with E-state index in [4.69, 9.17) is 4.74 Å². The SMILES string of the molecule is COC(=O)[C@@H]1CN(C(=O)C[NH+]2CCN(c3ccccc3)CC2)CCS1. The quantitative estimate of drug-likeness (QED) is 0.731. The number of carbonyl (C=O) groups is 2. The normalized spacial score (nSPS) is 21.9. The van der Waals surface area contributed by atoms with Gasteiger partial charge >= 0.3 is 5.97 Å². The fourth-order valence-electron chi connectivity index (χ4n) is 3.37. The molecule has 3 rings (SSSR count). The number of quaternary nitrogens is 1. The van der Waals surface area contributed by atoms with Crippen molar-refractivity contribution in [2.45, 2.75) is 5.25 Å². The molecule has 1 amide bonds. The van der Waals surface area contributed by atoms with E-state index in [9.17, 15) is 9.59 Å². The molecular weight excluding hydrogens is 338 g/mol. The molecule has 1 N–H and O–H groups in total. The number of amides is 1. The summed E-state index contributed by atoms with van der Waals surface area (Å²) in [7, 11) is 1.40. The summed E-state index contributed by atoms with van der Waals surface area (Å²) in [6.45, 7) is 5.56. The first-order valence-electron chi connectivity index (χ1n) is 8.78. The highest BCUT2D eigenvalue weighted by Gasteiger charge is 2.31. The number of esters is 1. The zero-order chi connectivity index (χ0) is 17.6. The Morgan fingerprint density at radius 1 is 1.20 bits per heavy atom. The predicted molar refractivity (Wildman–Crippen MR) is 99.1 cm³/mol. The third-order valence-electron chi connectivity index (χ3n) is 4.88. The fraction of sp³-hybridized carbons (Fsp3) is 0.556. The molecule has 1 aromatic rings. The van der Waals surface area contributed by atoms with Crippen molar-refractivity contribution in [2.75, 3.05) is 63.6 Å². The van der Waals surface area contributed by atoms with Crippen LogP contribution in [0, 0.1) is 0 Å². The van der Waals surface area contributed by atoms with Crippen molar-refractivity contribution < 1.29 is 19.2 Å². The molecule has 0 aromatic heterocycles. The molecule has 0 unspecified atom stereocenters. The number of hydrogen-bond donors (Lipinski definition) is 1. The van der Waals surface area contributed by atoms with E-state index >= 15 is 0 Å². The van der Waals surface area contributed by atoms with Gasteiger partial charge in [0.1, 0.15) is 5.25 Å². The fourth-order valence-corrected chi connectivity index (χ4v) is 4.50. The molecule has 0 bridgehead atoms. The van der Waals surface area contributed by atoms with Crippen molar-refractivity contribution in [3.8, 4) is 0 Å². The van der Waals surface area contributed by atoms with Crippen molar-refractivity contribution in [1.29, 1.82) is 0 Å². The minimum Gasteiger partial charge on any atom is -0.468 e.